The van der Waals surface area contributed by atoms with Gasteiger partial charge in [-0.1, -0.05) is 0 Å². The average molecular weight is 340 g/mol. The highest BCUT2D eigenvalue weighted by Gasteiger charge is 2.47. The molecular weight excluding hydrogens is 321 g/mol. The number of halogens is 3. The second-order valence-electron chi connectivity index (χ2n) is 6.17. The number of nitrogens with zero attached hydrogens (tertiary/aromatic N) is 2. The molecule has 10 heteroatoms. The maximum atomic E-state index is 12.6. The van der Waals surface area contributed by atoms with E-state index in [4.69, 9.17) is 9.84 Å². The number of carboxylic acid groups (broad SMARTS) is 1. The Morgan fingerprint density at radius 1 is 1.17 bits per heavy atom. The summed E-state index contributed by atoms with van der Waals surface area (Å²) in [6.45, 7) is 3.99. The monoisotopic (exact) mass is 340 g/mol. The highest BCUT2D eigenvalue weighted by atomic mass is 19.4. The molecule has 0 aromatic rings. The van der Waals surface area contributed by atoms with Gasteiger partial charge in [0.2, 0.25) is 0 Å². The van der Waals surface area contributed by atoms with Crippen molar-refractivity contribution < 1.29 is 37.4 Å². The number of carbonyl (C=O) groups excluding carboxylic acids is 2. The molecule has 1 aliphatic heterocycles. The smallest absolute Gasteiger partial charge is 0.471 e. The lowest BCUT2D eigenvalue weighted by molar-refractivity contribution is -0.190. The Labute approximate surface area is 131 Å². The molecule has 0 spiro atoms. The van der Waals surface area contributed by atoms with E-state index in [0.717, 1.165) is 4.90 Å². The molecule has 0 aromatic carbocycles. The van der Waals surface area contributed by atoms with Gasteiger partial charge in [0, 0.05) is 19.6 Å². The van der Waals surface area contributed by atoms with Gasteiger partial charge in [-0.25, -0.2) is 4.79 Å². The predicted molar refractivity (Wildman–Crippen MR) is 71.6 cm³/mol. The molecule has 0 bridgehead atoms. The third kappa shape index (κ3) is 5.61. The van der Waals surface area contributed by atoms with Crippen LogP contribution in [0.2, 0.25) is 0 Å². The molecule has 1 fully saturated rings. The molecule has 1 N–H and O–H groups in total. The van der Waals surface area contributed by atoms with E-state index in [1.165, 1.54) is 0 Å². The van der Waals surface area contributed by atoms with E-state index in [2.05, 4.69) is 0 Å². The van der Waals surface area contributed by atoms with E-state index in [9.17, 15) is 27.6 Å². The summed E-state index contributed by atoms with van der Waals surface area (Å²) in [5, 5.41) is 8.83. The Morgan fingerprint density at radius 2 is 1.74 bits per heavy atom. The van der Waals surface area contributed by atoms with Gasteiger partial charge >= 0.3 is 24.1 Å². The van der Waals surface area contributed by atoms with Crippen LogP contribution in [0.4, 0.5) is 18.0 Å². The van der Waals surface area contributed by atoms with Gasteiger partial charge in [-0.15, -0.1) is 0 Å². The maximum absolute atomic E-state index is 12.6. The molecule has 1 rings (SSSR count). The minimum atomic E-state index is -5.09. The molecule has 0 saturated carbocycles. The largest absolute Gasteiger partial charge is 0.481 e. The van der Waals surface area contributed by atoms with E-state index in [0.29, 0.717) is 4.90 Å². The summed E-state index contributed by atoms with van der Waals surface area (Å²) in [4.78, 5) is 35.7. The standard InChI is InChI=1S/C13H19F3N2O5/c1-12(2,3)23-11(22)17-4-5-18(10(21)13(14,15)16)8(7-17)6-9(19)20/h8H,4-7H2,1-3H3,(H,19,20). The number of amides is 2. The molecule has 2 amide bonds. The van der Waals surface area contributed by atoms with Crippen molar-refractivity contribution in [1.82, 2.24) is 9.80 Å². The second-order valence-corrected chi connectivity index (χ2v) is 6.17. The zero-order chi connectivity index (χ0) is 18.0. The zero-order valence-electron chi connectivity index (χ0n) is 13.0. The first-order valence-electron chi connectivity index (χ1n) is 6.89. The summed E-state index contributed by atoms with van der Waals surface area (Å²) < 4.78 is 42.8. The lowest BCUT2D eigenvalue weighted by Gasteiger charge is -2.41. The number of aliphatic carboxylic acids is 1. The van der Waals surface area contributed by atoms with Crippen LogP contribution in [0, 0.1) is 0 Å². The van der Waals surface area contributed by atoms with Crippen molar-refractivity contribution in [3.63, 3.8) is 0 Å². The van der Waals surface area contributed by atoms with Crippen LogP contribution in [0.25, 0.3) is 0 Å². The fraction of sp³-hybridized carbons (Fsp3) is 0.769. The minimum absolute atomic E-state index is 0.160. The highest BCUT2D eigenvalue weighted by molar-refractivity contribution is 5.83. The van der Waals surface area contributed by atoms with Crippen LogP contribution in [0.15, 0.2) is 0 Å². The average Bonchev–Trinajstić information content (AvgIpc) is 2.34. The topological polar surface area (TPSA) is 87.2 Å². The number of carboxylic acids is 1. The van der Waals surface area contributed by atoms with Crippen LogP contribution >= 0.6 is 0 Å². The van der Waals surface area contributed by atoms with Crippen LogP contribution in [0.1, 0.15) is 27.2 Å². The lowest BCUT2D eigenvalue weighted by atomic mass is 10.1. The first-order chi connectivity index (χ1) is 10.3. The minimum Gasteiger partial charge on any atom is -0.481 e. The molecule has 0 aromatic heterocycles. The Bertz CT molecular complexity index is 487. The number of hydrogen-bond donors (Lipinski definition) is 1. The number of hydrogen-bond acceptors (Lipinski definition) is 4. The fourth-order valence-electron chi connectivity index (χ4n) is 2.15. The Morgan fingerprint density at radius 3 is 2.17 bits per heavy atom. The predicted octanol–water partition coefficient (Wildman–Crippen LogP) is 1.47. The summed E-state index contributed by atoms with van der Waals surface area (Å²) in [6, 6.07) is -1.26. The normalized spacial score (nSPS) is 19.5. The second kappa shape index (κ2) is 6.63. The molecule has 1 aliphatic rings. The fourth-order valence-corrected chi connectivity index (χ4v) is 2.15. The first-order valence-corrected chi connectivity index (χ1v) is 6.89. The summed E-state index contributed by atoms with van der Waals surface area (Å²) in [5.41, 5.74) is -0.793. The van der Waals surface area contributed by atoms with Crippen molar-refractivity contribution in [2.45, 2.75) is 45.0 Å². The summed E-state index contributed by atoms with van der Waals surface area (Å²) in [6.07, 6.45) is -6.54. The zero-order valence-corrected chi connectivity index (χ0v) is 13.0. The number of alkyl halides is 3. The van der Waals surface area contributed by atoms with Gasteiger partial charge in [-0.2, -0.15) is 13.2 Å². The van der Waals surface area contributed by atoms with Gasteiger partial charge in [0.1, 0.15) is 5.60 Å². The van der Waals surface area contributed by atoms with Gasteiger partial charge < -0.3 is 19.6 Å². The molecule has 1 heterocycles. The van der Waals surface area contributed by atoms with Crippen molar-refractivity contribution in [3.05, 3.63) is 0 Å². The number of ether oxygens (including phenoxy) is 1. The molecule has 1 unspecified atom stereocenters. The molecule has 1 saturated heterocycles. The van der Waals surface area contributed by atoms with Crippen LogP contribution < -0.4 is 0 Å². The first kappa shape index (κ1) is 19.0. The molecule has 1 atom stereocenters. The van der Waals surface area contributed by atoms with Gasteiger partial charge in [-0.3, -0.25) is 9.59 Å². The molecule has 7 nitrogen and oxygen atoms in total. The van der Waals surface area contributed by atoms with Crippen molar-refractivity contribution in [3.8, 4) is 0 Å². The Balaban J connectivity index is 2.87. The van der Waals surface area contributed by atoms with E-state index >= 15 is 0 Å². The van der Waals surface area contributed by atoms with Gasteiger partial charge in [0.15, 0.2) is 0 Å². The SMILES string of the molecule is CC(C)(C)OC(=O)N1CCN(C(=O)C(F)(F)F)C(CC(=O)O)C1. The van der Waals surface area contributed by atoms with E-state index in [1.54, 1.807) is 20.8 Å². The molecule has 0 radical (unpaired) electrons. The van der Waals surface area contributed by atoms with E-state index in [1.807, 2.05) is 0 Å². The summed E-state index contributed by atoms with van der Waals surface area (Å²) >= 11 is 0. The van der Waals surface area contributed by atoms with E-state index < -0.39 is 48.8 Å². The van der Waals surface area contributed by atoms with Crippen LogP contribution in [0.5, 0.6) is 0 Å². The van der Waals surface area contributed by atoms with Crippen molar-refractivity contribution in [2.75, 3.05) is 19.6 Å². The van der Waals surface area contributed by atoms with Gasteiger partial charge in [-0.05, 0) is 20.8 Å². The Kier molecular flexibility index (Phi) is 5.49. The lowest BCUT2D eigenvalue weighted by Crippen LogP contribution is -2.60. The van der Waals surface area contributed by atoms with Crippen molar-refractivity contribution in [1.29, 1.82) is 0 Å². The molecule has 132 valence electrons. The van der Waals surface area contributed by atoms with E-state index in [-0.39, 0.29) is 13.1 Å². The van der Waals surface area contributed by atoms with Crippen LogP contribution in [-0.4, -0.2) is 70.3 Å². The molecular formula is C13H19F3N2O5. The van der Waals surface area contributed by atoms with Crippen LogP contribution in [0.3, 0.4) is 0 Å². The number of rotatable bonds is 2. The third-order valence-corrected chi connectivity index (χ3v) is 3.05. The summed E-state index contributed by atoms with van der Waals surface area (Å²) in [7, 11) is 0. The highest BCUT2D eigenvalue weighted by Crippen LogP contribution is 2.24. The van der Waals surface area contributed by atoms with Gasteiger partial charge in [0.05, 0.1) is 12.5 Å². The van der Waals surface area contributed by atoms with Crippen molar-refractivity contribution in [2.24, 2.45) is 0 Å². The quantitative estimate of drug-likeness (QED) is 0.822. The maximum Gasteiger partial charge on any atom is 0.471 e. The molecule has 23 heavy (non-hydrogen) atoms. The third-order valence-electron chi connectivity index (χ3n) is 3.05. The number of piperazine rings is 1. The summed E-state index contributed by atoms with van der Waals surface area (Å²) in [5.74, 6) is -3.46. The number of carbonyl (C=O) groups is 3. The van der Waals surface area contributed by atoms with Crippen molar-refractivity contribution >= 4 is 18.0 Å². The van der Waals surface area contributed by atoms with Crippen LogP contribution in [-0.2, 0) is 14.3 Å². The Hall–Kier alpha value is -2.00. The molecule has 0 aliphatic carbocycles. The van der Waals surface area contributed by atoms with Gasteiger partial charge in [0.25, 0.3) is 0 Å².